The molecule has 0 aliphatic carbocycles. The van der Waals surface area contributed by atoms with Gasteiger partial charge >= 0.3 is 0 Å². The summed E-state index contributed by atoms with van der Waals surface area (Å²) in [5, 5.41) is 0.786. The highest BCUT2D eigenvalue weighted by molar-refractivity contribution is 7.88. The van der Waals surface area contributed by atoms with Crippen LogP contribution in [0.5, 0.6) is 0 Å². The van der Waals surface area contributed by atoms with Crippen LogP contribution in [0.2, 0.25) is 10.0 Å². The Bertz CT molecular complexity index is 1020. The Morgan fingerprint density at radius 3 is 2.57 bits per heavy atom. The van der Waals surface area contributed by atoms with Gasteiger partial charge in [0, 0.05) is 19.0 Å². The minimum Gasteiger partial charge on any atom is -0.370 e. The van der Waals surface area contributed by atoms with Crippen LogP contribution in [0.15, 0.2) is 36.4 Å². The van der Waals surface area contributed by atoms with E-state index in [4.69, 9.17) is 27.9 Å². The van der Waals surface area contributed by atoms with Crippen molar-refractivity contribution in [1.82, 2.24) is 4.31 Å². The first-order valence-electron chi connectivity index (χ1n) is 10.4. The van der Waals surface area contributed by atoms with Gasteiger partial charge in [0.05, 0.1) is 28.0 Å². The van der Waals surface area contributed by atoms with E-state index >= 15 is 0 Å². The number of ether oxygens (including phenoxy) is 1. The van der Waals surface area contributed by atoms with Gasteiger partial charge in [0.25, 0.3) is 0 Å². The molecule has 0 aromatic heterocycles. The molecule has 2 aliphatic rings. The molecule has 2 aliphatic heterocycles. The predicted octanol–water partition coefficient (Wildman–Crippen LogP) is 6.10. The molecule has 4 nitrogen and oxygen atoms in total. The molecule has 0 fully saturated rings. The van der Waals surface area contributed by atoms with Gasteiger partial charge in [-0.25, -0.2) is 8.42 Å². The molecule has 2 aromatic rings. The summed E-state index contributed by atoms with van der Waals surface area (Å²) in [6.07, 6.45) is 0.751. The van der Waals surface area contributed by atoms with Crippen LogP contribution in [0, 0.1) is 0 Å². The first-order chi connectivity index (χ1) is 14.2. The molecule has 4 rings (SSSR count). The van der Waals surface area contributed by atoms with Crippen LogP contribution in [0.25, 0.3) is 0 Å². The summed E-state index contributed by atoms with van der Waals surface area (Å²) in [4.78, 5) is 0. The van der Waals surface area contributed by atoms with Crippen molar-refractivity contribution in [1.29, 1.82) is 0 Å². The Balaban J connectivity index is 0.00000124. The zero-order chi connectivity index (χ0) is 22.1. The highest BCUT2D eigenvalue weighted by atomic mass is 35.5. The fraction of sp³-hybridized carbons (Fsp3) is 0.478. The molecule has 1 unspecified atom stereocenters. The molecule has 2 heterocycles. The maximum absolute atomic E-state index is 13.2. The molecule has 1 atom stereocenters. The third-order valence-electron chi connectivity index (χ3n) is 5.70. The van der Waals surface area contributed by atoms with Crippen molar-refractivity contribution in [2.24, 2.45) is 0 Å². The zero-order valence-electron chi connectivity index (χ0n) is 17.9. The first-order valence-corrected chi connectivity index (χ1v) is 12.7. The Labute approximate surface area is 190 Å². The molecule has 30 heavy (non-hydrogen) atoms. The van der Waals surface area contributed by atoms with Gasteiger partial charge in [0.1, 0.15) is 0 Å². The minimum atomic E-state index is -3.49. The van der Waals surface area contributed by atoms with E-state index in [0.717, 1.165) is 12.0 Å². The van der Waals surface area contributed by atoms with Crippen molar-refractivity contribution in [2.45, 2.75) is 57.9 Å². The summed E-state index contributed by atoms with van der Waals surface area (Å²) in [6.45, 7) is 9.63. The lowest BCUT2D eigenvalue weighted by molar-refractivity contribution is -0.0437. The van der Waals surface area contributed by atoms with Crippen LogP contribution >= 0.6 is 23.2 Å². The molecule has 0 amide bonds. The SMILES string of the molecule is CC.CC1(C)OCC2CCN(S(=O)(=O)Cc3ccc(Cl)c(Cl)c3)Cc3cccc1c32. The minimum absolute atomic E-state index is 0.0917. The molecule has 0 bridgehead atoms. The summed E-state index contributed by atoms with van der Waals surface area (Å²) in [7, 11) is -3.49. The molecule has 2 aromatic carbocycles. The van der Waals surface area contributed by atoms with Gasteiger partial charge < -0.3 is 4.74 Å². The number of sulfonamides is 1. The monoisotopic (exact) mass is 469 g/mol. The van der Waals surface area contributed by atoms with Crippen LogP contribution in [-0.2, 0) is 32.7 Å². The summed E-state index contributed by atoms with van der Waals surface area (Å²) >= 11 is 12.0. The number of nitrogens with zero attached hydrogens (tertiary/aromatic N) is 1. The smallest absolute Gasteiger partial charge is 0.218 e. The Kier molecular flexibility index (Phi) is 7.20. The lowest BCUT2D eigenvalue weighted by Crippen LogP contribution is -2.33. The summed E-state index contributed by atoms with van der Waals surface area (Å²) in [5.41, 5.74) is 3.80. The normalized spacial score (nSPS) is 20.5. The van der Waals surface area contributed by atoms with Gasteiger partial charge in [-0.05, 0) is 54.7 Å². The largest absolute Gasteiger partial charge is 0.370 e. The van der Waals surface area contributed by atoms with E-state index in [2.05, 4.69) is 19.9 Å². The second kappa shape index (κ2) is 9.17. The Hall–Kier alpha value is -1.11. The van der Waals surface area contributed by atoms with Gasteiger partial charge in [-0.2, -0.15) is 4.31 Å². The molecular formula is C23H29Cl2NO3S. The van der Waals surface area contributed by atoms with Crippen molar-refractivity contribution in [2.75, 3.05) is 13.2 Å². The van der Waals surface area contributed by atoms with E-state index in [9.17, 15) is 8.42 Å². The highest BCUT2D eigenvalue weighted by Crippen LogP contribution is 2.43. The summed E-state index contributed by atoms with van der Waals surface area (Å²) < 4.78 is 34.0. The molecule has 164 valence electrons. The third-order valence-corrected chi connectivity index (χ3v) is 8.23. The van der Waals surface area contributed by atoms with Crippen molar-refractivity contribution in [3.8, 4) is 0 Å². The number of benzene rings is 2. The topological polar surface area (TPSA) is 46.6 Å². The van der Waals surface area contributed by atoms with Gasteiger partial charge in [-0.15, -0.1) is 0 Å². The Morgan fingerprint density at radius 1 is 1.13 bits per heavy atom. The van der Waals surface area contributed by atoms with E-state index in [-0.39, 0.29) is 17.3 Å². The molecule has 0 saturated heterocycles. The van der Waals surface area contributed by atoms with Crippen LogP contribution in [-0.4, -0.2) is 25.9 Å². The lowest BCUT2D eigenvalue weighted by atomic mass is 9.80. The molecule has 7 heteroatoms. The van der Waals surface area contributed by atoms with E-state index in [0.29, 0.717) is 35.3 Å². The van der Waals surface area contributed by atoms with E-state index in [1.54, 1.807) is 22.5 Å². The number of hydrogen-bond donors (Lipinski definition) is 0. The highest BCUT2D eigenvalue weighted by Gasteiger charge is 2.38. The second-order valence-corrected chi connectivity index (χ2v) is 10.8. The molecule has 0 spiro atoms. The average molecular weight is 470 g/mol. The third kappa shape index (κ3) is 4.71. The molecule has 0 radical (unpaired) electrons. The van der Waals surface area contributed by atoms with Crippen molar-refractivity contribution < 1.29 is 13.2 Å². The first kappa shape index (κ1) is 23.6. The van der Waals surface area contributed by atoms with Crippen LogP contribution < -0.4 is 0 Å². The fourth-order valence-electron chi connectivity index (χ4n) is 4.19. The van der Waals surface area contributed by atoms with Crippen molar-refractivity contribution in [3.05, 3.63) is 68.7 Å². The summed E-state index contributed by atoms with van der Waals surface area (Å²) in [6, 6.07) is 11.1. The maximum atomic E-state index is 13.2. The summed E-state index contributed by atoms with van der Waals surface area (Å²) in [5.74, 6) is 0.135. The van der Waals surface area contributed by atoms with E-state index in [1.165, 1.54) is 11.1 Å². The second-order valence-electron chi connectivity index (χ2n) is 8.02. The molecular weight excluding hydrogens is 441 g/mol. The van der Waals surface area contributed by atoms with Gasteiger partial charge in [0.15, 0.2) is 0 Å². The fourth-order valence-corrected chi connectivity index (χ4v) is 6.02. The lowest BCUT2D eigenvalue weighted by Gasteiger charge is -2.37. The Morgan fingerprint density at radius 2 is 1.87 bits per heavy atom. The molecule has 0 saturated carbocycles. The van der Waals surface area contributed by atoms with Crippen LogP contribution in [0.1, 0.15) is 62.3 Å². The number of halogens is 2. The molecule has 0 N–H and O–H groups in total. The number of hydrogen-bond acceptors (Lipinski definition) is 3. The van der Waals surface area contributed by atoms with Crippen LogP contribution in [0.4, 0.5) is 0 Å². The standard InChI is InChI=1S/C21H23Cl2NO3S.C2H6/c1-21(2)17-5-3-4-15-11-24(9-8-16(12-27-21)20(15)17)28(25,26)13-14-6-7-18(22)19(23)10-14;1-2/h3-7,10,16H,8-9,11-13H2,1-2H3;1-2H3. The van der Waals surface area contributed by atoms with Gasteiger partial charge in [0.2, 0.25) is 10.0 Å². The average Bonchev–Trinajstić information content (AvgIpc) is 2.90. The van der Waals surface area contributed by atoms with Crippen molar-refractivity contribution in [3.63, 3.8) is 0 Å². The van der Waals surface area contributed by atoms with Gasteiger partial charge in [-0.3, -0.25) is 0 Å². The predicted molar refractivity (Wildman–Crippen MR) is 124 cm³/mol. The van der Waals surface area contributed by atoms with Gasteiger partial charge in [-0.1, -0.05) is 61.3 Å². The quantitative estimate of drug-likeness (QED) is 0.544. The van der Waals surface area contributed by atoms with Crippen molar-refractivity contribution >= 4 is 33.2 Å². The zero-order valence-corrected chi connectivity index (χ0v) is 20.2. The van der Waals surface area contributed by atoms with E-state index < -0.39 is 10.0 Å². The van der Waals surface area contributed by atoms with Crippen LogP contribution in [0.3, 0.4) is 0 Å². The maximum Gasteiger partial charge on any atom is 0.218 e. The number of rotatable bonds is 3. The van der Waals surface area contributed by atoms with E-state index in [1.807, 2.05) is 26.0 Å².